The molecule has 0 aliphatic carbocycles. The third-order valence-electron chi connectivity index (χ3n) is 3.24. The molecule has 1 aliphatic heterocycles. The van der Waals surface area contributed by atoms with Crippen molar-refractivity contribution in [3.05, 3.63) is 24.3 Å². The number of para-hydroxylation sites is 1. The van der Waals surface area contributed by atoms with Gasteiger partial charge in [-0.15, -0.1) is 0 Å². The molecule has 2 N–H and O–H groups in total. The molecule has 1 aromatic carbocycles. The van der Waals surface area contributed by atoms with E-state index in [1.807, 2.05) is 0 Å². The second-order valence-corrected chi connectivity index (χ2v) is 6.78. The van der Waals surface area contributed by atoms with Crippen molar-refractivity contribution in [3.63, 3.8) is 0 Å². The van der Waals surface area contributed by atoms with Crippen LogP contribution in [0.4, 0.5) is 5.69 Å². The van der Waals surface area contributed by atoms with E-state index < -0.39 is 9.84 Å². The highest BCUT2D eigenvalue weighted by atomic mass is 32.2. The monoisotopic (exact) mass is 282 g/mol. The molecule has 0 saturated carbocycles. The summed E-state index contributed by atoms with van der Waals surface area (Å²) in [5.74, 6) is -0.155. The molecule has 104 valence electrons. The zero-order chi connectivity index (χ0) is 13.9. The Labute approximate surface area is 113 Å². The minimum absolute atomic E-state index is 0.0154. The van der Waals surface area contributed by atoms with Crippen LogP contribution in [-0.2, 0) is 14.6 Å². The molecule has 0 radical (unpaired) electrons. The molecular formula is C13H18N2O3S. The largest absolute Gasteiger partial charge is 0.324 e. The molecule has 1 aromatic rings. The summed E-state index contributed by atoms with van der Waals surface area (Å²) in [5, 5.41) is 5.80. The van der Waals surface area contributed by atoms with Gasteiger partial charge in [-0.1, -0.05) is 19.1 Å². The number of hydrogen-bond donors (Lipinski definition) is 2. The van der Waals surface area contributed by atoms with Gasteiger partial charge in [0.1, 0.15) is 0 Å². The van der Waals surface area contributed by atoms with Gasteiger partial charge in [0.05, 0.1) is 22.4 Å². The van der Waals surface area contributed by atoms with Crippen LogP contribution in [0.25, 0.3) is 0 Å². The molecule has 1 fully saturated rings. The Hall–Kier alpha value is -1.40. The van der Waals surface area contributed by atoms with Gasteiger partial charge in [0.2, 0.25) is 5.91 Å². The highest BCUT2D eigenvalue weighted by molar-refractivity contribution is 7.91. The van der Waals surface area contributed by atoms with Gasteiger partial charge < -0.3 is 10.6 Å². The molecule has 0 unspecified atom stereocenters. The van der Waals surface area contributed by atoms with E-state index in [0.717, 1.165) is 19.4 Å². The van der Waals surface area contributed by atoms with Gasteiger partial charge in [0.25, 0.3) is 0 Å². The van der Waals surface area contributed by atoms with Gasteiger partial charge in [-0.05, 0) is 31.5 Å². The summed E-state index contributed by atoms with van der Waals surface area (Å²) in [5.41, 5.74) is 0.364. The smallest absolute Gasteiger partial charge is 0.241 e. The minimum Gasteiger partial charge on any atom is -0.324 e. The lowest BCUT2D eigenvalue weighted by atomic mass is 10.2. The Morgan fingerprint density at radius 2 is 2.16 bits per heavy atom. The van der Waals surface area contributed by atoms with Crippen molar-refractivity contribution in [1.29, 1.82) is 0 Å². The number of benzene rings is 1. The number of amides is 1. The summed E-state index contributed by atoms with van der Waals surface area (Å²) >= 11 is 0. The molecular weight excluding hydrogens is 264 g/mol. The normalized spacial score (nSPS) is 19.3. The van der Waals surface area contributed by atoms with Crippen molar-refractivity contribution < 1.29 is 13.2 Å². The number of nitrogens with one attached hydrogen (secondary N) is 2. The summed E-state index contributed by atoms with van der Waals surface area (Å²) in [6.45, 7) is 2.42. The highest BCUT2D eigenvalue weighted by Gasteiger charge is 2.24. The molecule has 1 atom stereocenters. The van der Waals surface area contributed by atoms with Gasteiger partial charge >= 0.3 is 0 Å². The maximum atomic E-state index is 12.0. The number of anilines is 1. The zero-order valence-corrected chi connectivity index (χ0v) is 11.7. The molecule has 0 bridgehead atoms. The molecule has 0 aromatic heterocycles. The Kier molecular flexibility index (Phi) is 4.21. The Morgan fingerprint density at radius 1 is 1.42 bits per heavy atom. The van der Waals surface area contributed by atoms with Crippen LogP contribution in [-0.4, -0.2) is 32.7 Å². The standard InChI is InChI=1S/C13H18N2O3S/c1-2-19(17,18)12-8-4-3-6-10(12)15-13(16)11-7-5-9-14-11/h3-4,6,8,11,14H,2,5,7,9H2,1H3,(H,15,16)/t11-/m0/s1. The number of carbonyl (C=O) groups excluding carboxylic acids is 1. The van der Waals surface area contributed by atoms with Crippen molar-refractivity contribution in [2.45, 2.75) is 30.7 Å². The van der Waals surface area contributed by atoms with Gasteiger partial charge in [0, 0.05) is 0 Å². The average molecular weight is 282 g/mol. The maximum absolute atomic E-state index is 12.0. The molecule has 2 rings (SSSR count). The lowest BCUT2D eigenvalue weighted by molar-refractivity contribution is -0.117. The van der Waals surface area contributed by atoms with Gasteiger partial charge in [-0.3, -0.25) is 4.79 Å². The fourth-order valence-corrected chi connectivity index (χ4v) is 3.18. The summed E-state index contributed by atoms with van der Waals surface area (Å²) in [7, 11) is -3.33. The summed E-state index contributed by atoms with van der Waals surface area (Å²) in [6, 6.07) is 6.29. The fraction of sp³-hybridized carbons (Fsp3) is 0.462. The van der Waals surface area contributed by atoms with E-state index in [1.54, 1.807) is 25.1 Å². The first-order chi connectivity index (χ1) is 9.04. The Bertz CT molecular complexity index is 563. The molecule has 1 heterocycles. The van der Waals surface area contributed by atoms with Crippen molar-refractivity contribution in [2.75, 3.05) is 17.6 Å². The van der Waals surface area contributed by atoms with Crippen LogP contribution in [0.3, 0.4) is 0 Å². The molecule has 19 heavy (non-hydrogen) atoms. The minimum atomic E-state index is -3.33. The molecule has 0 spiro atoms. The number of carbonyl (C=O) groups is 1. The SMILES string of the molecule is CCS(=O)(=O)c1ccccc1NC(=O)[C@@H]1CCCN1. The Balaban J connectivity index is 2.23. The van der Waals surface area contributed by atoms with E-state index in [9.17, 15) is 13.2 Å². The fourth-order valence-electron chi connectivity index (χ4n) is 2.12. The predicted molar refractivity (Wildman–Crippen MR) is 73.8 cm³/mol. The quantitative estimate of drug-likeness (QED) is 0.869. The highest BCUT2D eigenvalue weighted by Crippen LogP contribution is 2.22. The number of rotatable bonds is 4. The van der Waals surface area contributed by atoms with Crippen molar-refractivity contribution >= 4 is 21.4 Å². The summed E-state index contributed by atoms with van der Waals surface area (Å²) < 4.78 is 23.9. The van der Waals surface area contributed by atoms with E-state index >= 15 is 0 Å². The van der Waals surface area contributed by atoms with Crippen molar-refractivity contribution in [1.82, 2.24) is 5.32 Å². The average Bonchev–Trinajstić information content (AvgIpc) is 2.93. The van der Waals surface area contributed by atoms with Gasteiger partial charge in [-0.25, -0.2) is 8.42 Å². The topological polar surface area (TPSA) is 75.3 Å². The first kappa shape index (κ1) is 14.0. The lowest BCUT2D eigenvalue weighted by Gasteiger charge is -2.14. The molecule has 1 saturated heterocycles. The number of sulfone groups is 1. The van der Waals surface area contributed by atoms with Crippen LogP contribution in [0.15, 0.2) is 29.2 Å². The lowest BCUT2D eigenvalue weighted by Crippen LogP contribution is -2.35. The second kappa shape index (κ2) is 5.71. The molecule has 1 amide bonds. The third kappa shape index (κ3) is 3.13. The van der Waals surface area contributed by atoms with Crippen molar-refractivity contribution in [3.8, 4) is 0 Å². The summed E-state index contributed by atoms with van der Waals surface area (Å²) in [6.07, 6.45) is 1.75. The first-order valence-electron chi connectivity index (χ1n) is 6.40. The van der Waals surface area contributed by atoms with E-state index in [4.69, 9.17) is 0 Å². The van der Waals surface area contributed by atoms with Crippen LogP contribution in [0.2, 0.25) is 0 Å². The van der Waals surface area contributed by atoms with Gasteiger partial charge in [0.15, 0.2) is 9.84 Å². The third-order valence-corrected chi connectivity index (χ3v) is 5.02. The molecule has 1 aliphatic rings. The van der Waals surface area contributed by atoms with Crippen molar-refractivity contribution in [2.24, 2.45) is 0 Å². The summed E-state index contributed by atoms with van der Waals surface area (Å²) in [4.78, 5) is 12.2. The van der Waals surface area contributed by atoms with Crippen LogP contribution >= 0.6 is 0 Å². The zero-order valence-electron chi connectivity index (χ0n) is 10.8. The maximum Gasteiger partial charge on any atom is 0.241 e. The molecule has 5 nitrogen and oxygen atoms in total. The van der Waals surface area contributed by atoms with Crippen LogP contribution in [0.1, 0.15) is 19.8 Å². The van der Waals surface area contributed by atoms with E-state index in [2.05, 4.69) is 10.6 Å². The van der Waals surface area contributed by atoms with Gasteiger partial charge in [-0.2, -0.15) is 0 Å². The number of hydrogen-bond acceptors (Lipinski definition) is 4. The van der Waals surface area contributed by atoms with Crippen LogP contribution < -0.4 is 10.6 Å². The Morgan fingerprint density at radius 3 is 2.79 bits per heavy atom. The van der Waals surface area contributed by atoms with Crippen LogP contribution in [0, 0.1) is 0 Å². The first-order valence-corrected chi connectivity index (χ1v) is 8.06. The molecule has 6 heteroatoms. The predicted octanol–water partition coefficient (Wildman–Crippen LogP) is 1.17. The van der Waals surface area contributed by atoms with E-state index in [0.29, 0.717) is 5.69 Å². The van der Waals surface area contributed by atoms with Crippen LogP contribution in [0.5, 0.6) is 0 Å². The van der Waals surface area contributed by atoms with E-state index in [-0.39, 0.29) is 22.6 Å². The second-order valence-electron chi connectivity index (χ2n) is 4.54. The van der Waals surface area contributed by atoms with E-state index in [1.165, 1.54) is 6.07 Å².